The molecule has 7 heteroatoms. The summed E-state index contributed by atoms with van der Waals surface area (Å²) in [6, 6.07) is 1.86. The molecule has 5 nitrogen and oxygen atoms in total. The second-order valence-electron chi connectivity index (χ2n) is 4.87. The lowest BCUT2D eigenvalue weighted by Crippen LogP contribution is -2.38. The first-order valence-electron chi connectivity index (χ1n) is 6.74. The van der Waals surface area contributed by atoms with Gasteiger partial charge in [0.2, 0.25) is 10.0 Å². The van der Waals surface area contributed by atoms with Gasteiger partial charge in [0.05, 0.1) is 5.25 Å². The minimum atomic E-state index is -3.28. The van der Waals surface area contributed by atoms with Gasteiger partial charge < -0.3 is 9.84 Å². The van der Waals surface area contributed by atoms with Crippen LogP contribution in [0.5, 0.6) is 0 Å². The molecule has 1 saturated heterocycles. The van der Waals surface area contributed by atoms with Crippen LogP contribution in [0.3, 0.4) is 0 Å². The Balaban J connectivity index is 2.02. The zero-order valence-electron chi connectivity index (χ0n) is 11.9. The van der Waals surface area contributed by atoms with Crippen LogP contribution in [0.4, 0.5) is 0 Å². The molecular weight excluding hydrogens is 310 g/mol. The molecule has 0 saturated carbocycles. The Morgan fingerprint density at radius 1 is 1.48 bits per heavy atom. The first-order chi connectivity index (χ1) is 10.0. The van der Waals surface area contributed by atoms with Crippen molar-refractivity contribution in [3.05, 3.63) is 21.9 Å². The third kappa shape index (κ3) is 4.28. The molecule has 0 radical (unpaired) electrons. The first-order valence-corrected chi connectivity index (χ1v) is 9.12. The summed E-state index contributed by atoms with van der Waals surface area (Å²) in [6.07, 6.45) is 1.12. The van der Waals surface area contributed by atoms with E-state index in [4.69, 9.17) is 9.84 Å². The van der Waals surface area contributed by atoms with Crippen LogP contribution in [0.25, 0.3) is 0 Å². The summed E-state index contributed by atoms with van der Waals surface area (Å²) in [5.41, 5.74) is 0.806. The number of nitrogens with zero attached hydrogens (tertiary/aromatic N) is 1. The van der Waals surface area contributed by atoms with Crippen LogP contribution < -0.4 is 0 Å². The number of aliphatic hydroxyl groups is 1. The molecule has 21 heavy (non-hydrogen) atoms. The molecule has 1 aromatic heterocycles. The second kappa shape index (κ2) is 7.38. The summed E-state index contributed by atoms with van der Waals surface area (Å²) in [7, 11) is -1.67. The standard InChI is InChI=1S/C14H19NO4S2/c1-15(21(17,18)14-4-7-19-8-5-14)10-13-9-12(11-20-13)3-2-6-16/h9,11,14,16H,4-8,10H2,1H3. The van der Waals surface area contributed by atoms with E-state index >= 15 is 0 Å². The maximum atomic E-state index is 12.5. The maximum Gasteiger partial charge on any atom is 0.217 e. The van der Waals surface area contributed by atoms with Crippen LogP contribution in [0.1, 0.15) is 23.3 Å². The van der Waals surface area contributed by atoms with Gasteiger partial charge in [0, 0.05) is 42.6 Å². The van der Waals surface area contributed by atoms with E-state index in [2.05, 4.69) is 11.8 Å². The monoisotopic (exact) mass is 329 g/mol. The predicted octanol–water partition coefficient (Wildman–Crippen LogP) is 1.03. The van der Waals surface area contributed by atoms with Gasteiger partial charge in [0.1, 0.15) is 6.61 Å². The fourth-order valence-corrected chi connectivity index (χ4v) is 4.77. The van der Waals surface area contributed by atoms with Gasteiger partial charge >= 0.3 is 0 Å². The Bertz CT molecular complexity index is 621. The molecule has 1 fully saturated rings. The number of hydrogen-bond donors (Lipinski definition) is 1. The van der Waals surface area contributed by atoms with E-state index in [0.29, 0.717) is 32.6 Å². The van der Waals surface area contributed by atoms with Crippen LogP contribution in [0, 0.1) is 11.8 Å². The van der Waals surface area contributed by atoms with Gasteiger partial charge in [-0.2, -0.15) is 4.31 Å². The quantitative estimate of drug-likeness (QED) is 0.838. The molecule has 0 spiro atoms. The summed E-state index contributed by atoms with van der Waals surface area (Å²) in [4.78, 5) is 0.940. The third-order valence-electron chi connectivity index (χ3n) is 3.37. The van der Waals surface area contributed by atoms with Crippen molar-refractivity contribution in [3.8, 4) is 11.8 Å². The second-order valence-corrected chi connectivity index (χ2v) is 8.19. The molecule has 116 valence electrons. The lowest BCUT2D eigenvalue weighted by molar-refractivity contribution is 0.0973. The lowest BCUT2D eigenvalue weighted by Gasteiger charge is -2.26. The van der Waals surface area contributed by atoms with Gasteiger partial charge in [-0.25, -0.2) is 8.42 Å². The summed E-state index contributed by atoms with van der Waals surface area (Å²) < 4.78 is 31.6. The first kappa shape index (κ1) is 16.5. The summed E-state index contributed by atoms with van der Waals surface area (Å²) in [5, 5.41) is 10.2. The van der Waals surface area contributed by atoms with E-state index < -0.39 is 10.0 Å². The van der Waals surface area contributed by atoms with Crippen molar-refractivity contribution in [1.82, 2.24) is 4.31 Å². The third-order valence-corrected chi connectivity index (χ3v) is 6.60. The van der Waals surface area contributed by atoms with Gasteiger partial charge in [-0.15, -0.1) is 11.3 Å². The maximum absolute atomic E-state index is 12.5. The summed E-state index contributed by atoms with van der Waals surface area (Å²) in [5.74, 6) is 5.40. The Kier molecular flexibility index (Phi) is 5.79. The molecule has 0 aromatic carbocycles. The molecule has 0 unspecified atom stereocenters. The van der Waals surface area contributed by atoms with Crippen molar-refractivity contribution in [3.63, 3.8) is 0 Å². The van der Waals surface area contributed by atoms with Crippen molar-refractivity contribution in [2.75, 3.05) is 26.9 Å². The number of hydrogen-bond acceptors (Lipinski definition) is 5. The van der Waals surface area contributed by atoms with Crippen molar-refractivity contribution in [2.24, 2.45) is 0 Å². The van der Waals surface area contributed by atoms with Gasteiger partial charge in [0.15, 0.2) is 0 Å². The number of thiophene rings is 1. The average Bonchev–Trinajstić information content (AvgIpc) is 2.93. The lowest BCUT2D eigenvalue weighted by atomic mass is 10.2. The molecular formula is C14H19NO4S2. The van der Waals surface area contributed by atoms with E-state index in [9.17, 15) is 8.42 Å². The molecule has 0 atom stereocenters. The summed E-state index contributed by atoms with van der Waals surface area (Å²) >= 11 is 1.48. The molecule has 0 aliphatic carbocycles. The minimum absolute atomic E-state index is 0.177. The number of ether oxygens (including phenoxy) is 1. The molecule has 1 N–H and O–H groups in total. The molecule has 0 amide bonds. The van der Waals surface area contributed by atoms with Gasteiger partial charge in [0.25, 0.3) is 0 Å². The van der Waals surface area contributed by atoms with E-state index in [1.807, 2.05) is 11.4 Å². The van der Waals surface area contributed by atoms with E-state index in [-0.39, 0.29) is 11.9 Å². The highest BCUT2D eigenvalue weighted by Gasteiger charge is 2.31. The van der Waals surface area contributed by atoms with E-state index in [0.717, 1.165) is 10.4 Å². The highest BCUT2D eigenvalue weighted by atomic mass is 32.2. The fourth-order valence-electron chi connectivity index (χ4n) is 2.21. The Morgan fingerprint density at radius 2 is 2.19 bits per heavy atom. The van der Waals surface area contributed by atoms with Crippen LogP contribution in [-0.2, 0) is 21.3 Å². The normalized spacial score (nSPS) is 16.7. The highest BCUT2D eigenvalue weighted by molar-refractivity contribution is 7.89. The Morgan fingerprint density at radius 3 is 2.86 bits per heavy atom. The van der Waals surface area contributed by atoms with E-state index in [1.54, 1.807) is 7.05 Å². The number of aliphatic hydroxyl groups excluding tert-OH is 1. The van der Waals surface area contributed by atoms with E-state index in [1.165, 1.54) is 15.6 Å². The van der Waals surface area contributed by atoms with Gasteiger partial charge in [-0.1, -0.05) is 11.8 Å². The minimum Gasteiger partial charge on any atom is -0.384 e. The topological polar surface area (TPSA) is 66.8 Å². The SMILES string of the molecule is CN(Cc1cc(C#CCO)cs1)S(=O)(=O)C1CCOCC1. The Labute approximate surface area is 129 Å². The van der Waals surface area contributed by atoms with Crippen LogP contribution in [0.15, 0.2) is 11.4 Å². The van der Waals surface area contributed by atoms with Gasteiger partial charge in [-0.3, -0.25) is 0 Å². The molecule has 1 aromatic rings. The predicted molar refractivity (Wildman–Crippen MR) is 82.5 cm³/mol. The zero-order valence-corrected chi connectivity index (χ0v) is 13.5. The number of sulfonamides is 1. The van der Waals surface area contributed by atoms with Crippen LogP contribution >= 0.6 is 11.3 Å². The van der Waals surface area contributed by atoms with Crippen molar-refractivity contribution in [1.29, 1.82) is 0 Å². The molecule has 2 rings (SSSR count). The molecule has 0 bridgehead atoms. The van der Waals surface area contributed by atoms with Gasteiger partial charge in [-0.05, 0) is 18.9 Å². The van der Waals surface area contributed by atoms with Crippen molar-refractivity contribution >= 4 is 21.4 Å². The molecule has 1 aliphatic heterocycles. The highest BCUT2D eigenvalue weighted by Crippen LogP contribution is 2.22. The smallest absolute Gasteiger partial charge is 0.217 e. The zero-order chi connectivity index (χ0) is 15.3. The largest absolute Gasteiger partial charge is 0.384 e. The van der Waals surface area contributed by atoms with Crippen LogP contribution in [0.2, 0.25) is 0 Å². The molecule has 1 aliphatic rings. The fraction of sp³-hybridized carbons (Fsp3) is 0.571. The average molecular weight is 329 g/mol. The Hall–Kier alpha value is -0.910. The number of rotatable bonds is 4. The summed E-state index contributed by atoms with van der Waals surface area (Å²) in [6.45, 7) is 1.20. The van der Waals surface area contributed by atoms with Crippen molar-refractivity contribution in [2.45, 2.75) is 24.6 Å². The molecule has 2 heterocycles. The van der Waals surface area contributed by atoms with Crippen LogP contribution in [-0.4, -0.2) is 49.9 Å². The van der Waals surface area contributed by atoms with Crippen molar-refractivity contribution < 1.29 is 18.3 Å².